The zero-order valence-electron chi connectivity index (χ0n) is 14.3. The van der Waals surface area contributed by atoms with Crippen molar-refractivity contribution in [2.45, 2.75) is 32.2 Å². The molecule has 1 atom stereocenters. The number of H-pyrrole nitrogens is 1. The topological polar surface area (TPSA) is 78.8 Å². The van der Waals surface area contributed by atoms with Crippen molar-refractivity contribution in [1.82, 2.24) is 24.6 Å². The largest absolute Gasteiger partial charge is 0.361 e. The van der Waals surface area contributed by atoms with Crippen LogP contribution in [0.25, 0.3) is 10.9 Å². The highest BCUT2D eigenvalue weighted by Crippen LogP contribution is 2.27. The fourth-order valence-electron chi connectivity index (χ4n) is 3.58. The van der Waals surface area contributed by atoms with Crippen LogP contribution in [0.5, 0.6) is 0 Å². The highest BCUT2D eigenvalue weighted by Gasteiger charge is 2.28. The number of carbonyl (C=O) groups is 1. The van der Waals surface area contributed by atoms with Crippen LogP contribution in [-0.4, -0.2) is 43.8 Å². The van der Waals surface area contributed by atoms with Crippen LogP contribution < -0.4 is 5.32 Å². The Labute approximate surface area is 146 Å². The van der Waals surface area contributed by atoms with Crippen LogP contribution in [0.4, 0.5) is 10.5 Å². The molecule has 1 aromatic carbocycles. The Kier molecular flexibility index (Phi) is 4.13. The molecule has 7 nitrogen and oxygen atoms in total. The number of nitrogens with one attached hydrogen (secondary N) is 2. The first-order chi connectivity index (χ1) is 12.3. The van der Waals surface area contributed by atoms with E-state index in [0.717, 1.165) is 48.3 Å². The van der Waals surface area contributed by atoms with Crippen LogP contribution in [-0.2, 0) is 6.54 Å². The second-order valence-electron chi connectivity index (χ2n) is 6.43. The highest BCUT2D eigenvalue weighted by molar-refractivity contribution is 6.00. The molecule has 1 fully saturated rings. The average molecular weight is 338 g/mol. The molecule has 0 spiro atoms. The summed E-state index contributed by atoms with van der Waals surface area (Å²) in [5.74, 6) is 1.22. The monoisotopic (exact) mass is 338 g/mol. The fourth-order valence-corrected chi connectivity index (χ4v) is 3.58. The summed E-state index contributed by atoms with van der Waals surface area (Å²) in [6.45, 7) is 4.37. The number of anilines is 1. The van der Waals surface area contributed by atoms with Crippen molar-refractivity contribution in [2.24, 2.45) is 0 Å². The SMILES string of the molecule is CCn1cnnc1[C@@H]1CCCN(C(=O)Nc2cccc3[nH]ccc23)C1. The maximum Gasteiger partial charge on any atom is 0.321 e. The predicted octanol–water partition coefficient (Wildman–Crippen LogP) is 3.19. The quantitative estimate of drug-likeness (QED) is 0.770. The lowest BCUT2D eigenvalue weighted by molar-refractivity contribution is 0.190. The van der Waals surface area contributed by atoms with Gasteiger partial charge in [-0.2, -0.15) is 0 Å². The van der Waals surface area contributed by atoms with E-state index in [9.17, 15) is 4.79 Å². The van der Waals surface area contributed by atoms with Gasteiger partial charge in [-0.1, -0.05) is 6.07 Å². The molecule has 1 saturated heterocycles. The summed E-state index contributed by atoms with van der Waals surface area (Å²) in [6, 6.07) is 7.80. The van der Waals surface area contributed by atoms with Crippen LogP contribution in [0, 0.1) is 0 Å². The molecule has 0 aliphatic carbocycles. The Morgan fingerprint density at radius 2 is 2.32 bits per heavy atom. The van der Waals surface area contributed by atoms with E-state index in [4.69, 9.17) is 0 Å². The first-order valence-corrected chi connectivity index (χ1v) is 8.76. The Morgan fingerprint density at radius 3 is 3.20 bits per heavy atom. The van der Waals surface area contributed by atoms with Crippen LogP contribution in [0.15, 0.2) is 36.8 Å². The van der Waals surface area contributed by atoms with Crippen LogP contribution in [0.1, 0.15) is 31.5 Å². The summed E-state index contributed by atoms with van der Waals surface area (Å²) in [5.41, 5.74) is 1.85. The number of fused-ring (bicyclic) bond motifs is 1. The molecular weight excluding hydrogens is 316 g/mol. The summed E-state index contributed by atoms with van der Waals surface area (Å²) >= 11 is 0. The van der Waals surface area contributed by atoms with E-state index in [1.54, 1.807) is 6.33 Å². The predicted molar refractivity (Wildman–Crippen MR) is 96.6 cm³/mol. The van der Waals surface area contributed by atoms with E-state index < -0.39 is 0 Å². The van der Waals surface area contributed by atoms with Crippen LogP contribution in [0.2, 0.25) is 0 Å². The number of aryl methyl sites for hydroxylation is 1. The zero-order valence-corrected chi connectivity index (χ0v) is 14.3. The number of carbonyl (C=O) groups excluding carboxylic acids is 1. The van der Waals surface area contributed by atoms with Gasteiger partial charge in [0.25, 0.3) is 0 Å². The molecule has 1 aliphatic heterocycles. The minimum atomic E-state index is -0.0547. The molecule has 0 radical (unpaired) electrons. The molecule has 3 heterocycles. The number of piperidine rings is 1. The second-order valence-corrected chi connectivity index (χ2v) is 6.43. The molecular formula is C18H22N6O. The van der Waals surface area contributed by atoms with Crippen molar-refractivity contribution in [3.8, 4) is 0 Å². The lowest BCUT2D eigenvalue weighted by Gasteiger charge is -2.32. The Bertz CT molecular complexity index is 882. The fraction of sp³-hybridized carbons (Fsp3) is 0.389. The van der Waals surface area contributed by atoms with Crippen molar-refractivity contribution in [2.75, 3.05) is 18.4 Å². The van der Waals surface area contributed by atoms with Crippen molar-refractivity contribution >= 4 is 22.6 Å². The molecule has 2 amide bonds. The van der Waals surface area contributed by atoms with Gasteiger partial charge in [-0.15, -0.1) is 10.2 Å². The van der Waals surface area contributed by atoms with Crippen molar-refractivity contribution < 1.29 is 4.79 Å². The maximum absolute atomic E-state index is 12.8. The van der Waals surface area contributed by atoms with E-state index in [1.165, 1.54) is 0 Å². The van der Waals surface area contributed by atoms with E-state index in [-0.39, 0.29) is 11.9 Å². The molecule has 130 valence electrons. The summed E-state index contributed by atoms with van der Waals surface area (Å²) in [4.78, 5) is 17.8. The number of hydrogen-bond donors (Lipinski definition) is 2. The number of aromatic nitrogens is 4. The molecule has 7 heteroatoms. The van der Waals surface area contributed by atoms with Gasteiger partial charge in [-0.25, -0.2) is 4.79 Å². The lowest BCUT2D eigenvalue weighted by Crippen LogP contribution is -2.42. The van der Waals surface area contributed by atoms with Gasteiger partial charge in [0.2, 0.25) is 0 Å². The number of amides is 2. The number of benzene rings is 1. The molecule has 0 saturated carbocycles. The van der Waals surface area contributed by atoms with E-state index in [2.05, 4.69) is 32.0 Å². The molecule has 3 aromatic rings. The Balaban J connectivity index is 1.49. The van der Waals surface area contributed by atoms with Crippen LogP contribution >= 0.6 is 0 Å². The van der Waals surface area contributed by atoms with E-state index >= 15 is 0 Å². The minimum absolute atomic E-state index is 0.0547. The Hall–Kier alpha value is -2.83. The number of urea groups is 1. The third-order valence-electron chi connectivity index (χ3n) is 4.90. The van der Waals surface area contributed by atoms with Crippen LogP contribution in [0.3, 0.4) is 0 Å². The molecule has 25 heavy (non-hydrogen) atoms. The van der Waals surface area contributed by atoms with Gasteiger partial charge in [0, 0.05) is 42.7 Å². The van der Waals surface area contributed by atoms with E-state index in [0.29, 0.717) is 6.54 Å². The molecule has 0 bridgehead atoms. The Morgan fingerprint density at radius 1 is 1.40 bits per heavy atom. The van der Waals surface area contributed by atoms with Gasteiger partial charge in [0.1, 0.15) is 12.2 Å². The van der Waals surface area contributed by atoms with Gasteiger partial charge < -0.3 is 19.8 Å². The van der Waals surface area contributed by atoms with Crippen molar-refractivity contribution in [1.29, 1.82) is 0 Å². The third-order valence-corrected chi connectivity index (χ3v) is 4.90. The number of likely N-dealkylation sites (tertiary alicyclic amines) is 1. The average Bonchev–Trinajstić information content (AvgIpc) is 3.31. The van der Waals surface area contributed by atoms with Gasteiger partial charge in [0.15, 0.2) is 0 Å². The molecule has 1 aliphatic rings. The summed E-state index contributed by atoms with van der Waals surface area (Å²) in [5, 5.41) is 12.4. The van der Waals surface area contributed by atoms with Gasteiger partial charge in [-0.3, -0.25) is 0 Å². The standard InChI is InChI=1S/C18H22N6O/c1-2-23-12-20-22-17(23)13-5-4-10-24(11-13)18(25)21-16-7-3-6-15-14(16)8-9-19-15/h3,6-9,12-13,19H,2,4-5,10-11H2,1H3,(H,21,25)/t13-/m1/s1. The maximum atomic E-state index is 12.8. The summed E-state index contributed by atoms with van der Waals surface area (Å²) < 4.78 is 2.06. The molecule has 0 unspecified atom stereocenters. The first-order valence-electron chi connectivity index (χ1n) is 8.76. The molecule has 2 N–H and O–H groups in total. The van der Waals surface area contributed by atoms with E-state index in [1.807, 2.05) is 35.4 Å². The molecule has 4 rings (SSSR count). The second kappa shape index (κ2) is 6.58. The third kappa shape index (κ3) is 2.97. The van der Waals surface area contributed by atoms with Gasteiger partial charge >= 0.3 is 6.03 Å². The van der Waals surface area contributed by atoms with Crippen molar-refractivity contribution in [3.63, 3.8) is 0 Å². The number of aromatic amines is 1. The number of hydrogen-bond acceptors (Lipinski definition) is 3. The number of nitrogens with zero attached hydrogens (tertiary/aromatic N) is 4. The first kappa shape index (κ1) is 15.7. The summed E-state index contributed by atoms with van der Waals surface area (Å²) in [6.07, 6.45) is 5.66. The van der Waals surface area contributed by atoms with Gasteiger partial charge in [0.05, 0.1) is 5.69 Å². The zero-order chi connectivity index (χ0) is 17.2. The minimum Gasteiger partial charge on any atom is -0.361 e. The van der Waals surface area contributed by atoms with Crippen molar-refractivity contribution in [3.05, 3.63) is 42.6 Å². The summed E-state index contributed by atoms with van der Waals surface area (Å²) in [7, 11) is 0. The molecule has 2 aromatic heterocycles. The normalized spacial score (nSPS) is 17.8. The highest BCUT2D eigenvalue weighted by atomic mass is 16.2. The smallest absolute Gasteiger partial charge is 0.321 e. The van der Waals surface area contributed by atoms with Gasteiger partial charge in [-0.05, 0) is 38.0 Å². The lowest BCUT2D eigenvalue weighted by atomic mass is 9.97. The number of rotatable bonds is 3.